The molecule has 0 aromatic carbocycles. The molecule has 0 aromatic heterocycles. The first kappa shape index (κ1) is 32.2. The third kappa shape index (κ3) is 9.32. The van der Waals surface area contributed by atoms with Crippen LogP contribution in [0.3, 0.4) is 0 Å². The maximum absolute atomic E-state index is 11.9. The average Bonchev–Trinajstić information content (AvgIpc) is 2.88. The molecule has 218 valence electrons. The van der Waals surface area contributed by atoms with Gasteiger partial charge in [-0.15, -0.1) is 0 Å². The van der Waals surface area contributed by atoms with Gasteiger partial charge in [-0.1, -0.05) is 39.0 Å². The van der Waals surface area contributed by atoms with Gasteiger partial charge >= 0.3 is 0 Å². The lowest BCUT2D eigenvalue weighted by Gasteiger charge is -2.47. The summed E-state index contributed by atoms with van der Waals surface area (Å²) >= 11 is 0. The largest absolute Gasteiger partial charge is 0.394 e. The van der Waals surface area contributed by atoms with E-state index in [4.69, 9.17) is 29.4 Å². The molecule has 2 heterocycles. The quantitative estimate of drug-likeness (QED) is 0.108. The van der Waals surface area contributed by atoms with Crippen molar-refractivity contribution in [3.8, 4) is 0 Å². The van der Waals surface area contributed by atoms with E-state index in [9.17, 15) is 30.3 Å². The molecule has 2 aliphatic heterocycles. The highest BCUT2D eigenvalue weighted by molar-refractivity contribution is 5.73. The minimum absolute atomic E-state index is 0.0114. The van der Waals surface area contributed by atoms with Crippen molar-refractivity contribution in [1.82, 2.24) is 5.32 Å². The first-order valence-corrected chi connectivity index (χ1v) is 13.2. The molecule has 2 rings (SSSR count). The van der Waals surface area contributed by atoms with Crippen LogP contribution in [0, 0.1) is 0 Å². The lowest BCUT2D eigenvalue weighted by atomic mass is 9.95. The number of carbonyl (C=O) groups excluding carboxylic acids is 1. The van der Waals surface area contributed by atoms with E-state index in [2.05, 4.69) is 12.2 Å². The molecule has 1 amide bonds. The summed E-state index contributed by atoms with van der Waals surface area (Å²) < 4.78 is 28.8. The highest BCUT2D eigenvalue weighted by Gasteiger charge is 2.51. The summed E-state index contributed by atoms with van der Waals surface area (Å²) in [7, 11) is 0. The summed E-state index contributed by atoms with van der Waals surface area (Å²) in [6.07, 6.45) is -5.17. The van der Waals surface area contributed by atoms with E-state index in [1.54, 1.807) is 0 Å². The fraction of sp³-hybridized carbons (Fsp3) is 0.958. The maximum Gasteiger partial charge on any atom is 0.217 e. The third-order valence-electron chi connectivity index (χ3n) is 6.55. The number of aliphatic hydroxyl groups excluding tert-OH is 5. The fourth-order valence-electron chi connectivity index (χ4n) is 4.55. The first-order valence-electron chi connectivity index (χ1n) is 13.2. The Hall–Kier alpha value is -0.970. The molecule has 2 fully saturated rings. The van der Waals surface area contributed by atoms with Crippen LogP contribution in [-0.2, 0) is 28.5 Å². The molecular weight excluding hydrogens is 492 g/mol. The first-order chi connectivity index (χ1) is 17.8. The van der Waals surface area contributed by atoms with Crippen LogP contribution in [0.15, 0.2) is 0 Å². The second-order valence-electron chi connectivity index (χ2n) is 9.51. The van der Waals surface area contributed by atoms with Gasteiger partial charge in [-0.05, 0) is 6.42 Å². The van der Waals surface area contributed by atoms with Crippen molar-refractivity contribution in [2.24, 2.45) is 5.73 Å². The Morgan fingerprint density at radius 1 is 0.838 bits per heavy atom. The molecule has 37 heavy (non-hydrogen) atoms. The number of nitrogens with one attached hydrogen (secondary N) is 1. The highest BCUT2D eigenvalue weighted by atomic mass is 16.7. The second kappa shape index (κ2) is 16.9. The van der Waals surface area contributed by atoms with Gasteiger partial charge in [-0.3, -0.25) is 4.79 Å². The van der Waals surface area contributed by atoms with E-state index in [0.717, 1.165) is 32.1 Å². The third-order valence-corrected chi connectivity index (χ3v) is 6.55. The van der Waals surface area contributed by atoms with E-state index in [-0.39, 0.29) is 13.2 Å². The minimum atomic E-state index is -1.49. The molecule has 2 aliphatic rings. The van der Waals surface area contributed by atoms with Crippen molar-refractivity contribution in [3.63, 3.8) is 0 Å². The van der Waals surface area contributed by atoms with Gasteiger partial charge in [0.25, 0.3) is 0 Å². The highest BCUT2D eigenvalue weighted by Crippen LogP contribution is 2.31. The molecular formula is C24H46N2O11. The van der Waals surface area contributed by atoms with Crippen LogP contribution in [-0.4, -0.2) is 126 Å². The van der Waals surface area contributed by atoms with Gasteiger partial charge < -0.3 is 60.3 Å². The predicted octanol–water partition coefficient (Wildman–Crippen LogP) is -1.89. The second-order valence-corrected chi connectivity index (χ2v) is 9.51. The van der Waals surface area contributed by atoms with Crippen molar-refractivity contribution in [2.45, 2.75) is 114 Å². The Morgan fingerprint density at radius 2 is 1.49 bits per heavy atom. The van der Waals surface area contributed by atoms with Crippen LogP contribution >= 0.6 is 0 Å². The number of rotatable bonds is 16. The number of hydrogen-bond donors (Lipinski definition) is 7. The number of carbonyl (C=O) groups is 1. The zero-order valence-corrected chi connectivity index (χ0v) is 21.8. The molecule has 8 N–H and O–H groups in total. The van der Waals surface area contributed by atoms with E-state index in [0.29, 0.717) is 6.61 Å². The Balaban J connectivity index is 2.12. The van der Waals surface area contributed by atoms with Crippen molar-refractivity contribution in [3.05, 3.63) is 0 Å². The van der Waals surface area contributed by atoms with E-state index >= 15 is 0 Å². The van der Waals surface area contributed by atoms with Crippen molar-refractivity contribution in [2.75, 3.05) is 33.0 Å². The normalized spacial score (nSPS) is 36.4. The number of hydrogen-bond acceptors (Lipinski definition) is 12. The molecule has 13 nitrogen and oxygen atoms in total. The molecule has 0 bridgehead atoms. The summed E-state index contributed by atoms with van der Waals surface area (Å²) in [5, 5.41) is 54.2. The van der Waals surface area contributed by atoms with Crippen LogP contribution in [0.1, 0.15) is 52.4 Å². The molecule has 10 atom stereocenters. The number of aliphatic hydroxyl groups is 5. The molecule has 0 radical (unpaired) electrons. The Kier molecular flexibility index (Phi) is 14.7. The van der Waals surface area contributed by atoms with Crippen molar-refractivity contribution in [1.29, 1.82) is 0 Å². The Labute approximate surface area is 218 Å². The summed E-state index contributed by atoms with van der Waals surface area (Å²) in [4.78, 5) is 11.9. The number of ether oxygens (including phenoxy) is 5. The van der Waals surface area contributed by atoms with Gasteiger partial charge in [0.2, 0.25) is 5.91 Å². The Morgan fingerprint density at radius 3 is 2.11 bits per heavy atom. The predicted molar refractivity (Wildman–Crippen MR) is 130 cm³/mol. The van der Waals surface area contributed by atoms with Crippen LogP contribution in [0.5, 0.6) is 0 Å². The fourth-order valence-corrected chi connectivity index (χ4v) is 4.55. The summed E-state index contributed by atoms with van der Waals surface area (Å²) in [5.41, 5.74) is 5.50. The van der Waals surface area contributed by atoms with Gasteiger partial charge in [0.15, 0.2) is 12.6 Å². The van der Waals surface area contributed by atoms with Crippen molar-refractivity contribution >= 4 is 5.91 Å². The van der Waals surface area contributed by atoms with Crippen molar-refractivity contribution < 1.29 is 54.0 Å². The molecule has 0 unspecified atom stereocenters. The molecule has 0 saturated carbocycles. The van der Waals surface area contributed by atoms with Gasteiger partial charge in [0.1, 0.15) is 48.8 Å². The van der Waals surface area contributed by atoms with Gasteiger partial charge in [0.05, 0.1) is 19.8 Å². The van der Waals surface area contributed by atoms with Crippen LogP contribution in [0.4, 0.5) is 0 Å². The molecule has 13 heteroatoms. The average molecular weight is 539 g/mol. The van der Waals surface area contributed by atoms with E-state index < -0.39 is 80.5 Å². The minimum Gasteiger partial charge on any atom is -0.394 e. The van der Waals surface area contributed by atoms with Gasteiger partial charge in [-0.25, -0.2) is 0 Å². The number of nitrogens with two attached hydrogens (primary N) is 1. The summed E-state index contributed by atoms with van der Waals surface area (Å²) in [6.45, 7) is 2.74. The molecule has 2 saturated heterocycles. The Bertz CT molecular complexity index is 646. The molecule has 0 aliphatic carbocycles. The van der Waals surface area contributed by atoms with Gasteiger partial charge in [0, 0.05) is 20.1 Å². The van der Waals surface area contributed by atoms with E-state index in [1.165, 1.54) is 13.3 Å². The zero-order valence-electron chi connectivity index (χ0n) is 21.8. The SMILES string of the molecule is CCCCCCCCO[C@@H]1O[C@H](CO)[C@@H](O[C@@H]2O[C@H](CO)[C@H](O)[C@H](O)[C@H]2OCCN)[C@H](O)[C@H]1NC(C)=O. The maximum atomic E-state index is 11.9. The smallest absolute Gasteiger partial charge is 0.217 e. The lowest BCUT2D eigenvalue weighted by Crippen LogP contribution is -2.67. The van der Waals surface area contributed by atoms with Gasteiger partial charge in [-0.2, -0.15) is 0 Å². The van der Waals surface area contributed by atoms with E-state index in [1.807, 2.05) is 0 Å². The molecule has 0 spiro atoms. The van der Waals surface area contributed by atoms with Crippen LogP contribution in [0.2, 0.25) is 0 Å². The standard InChI is InChI=1S/C24H46N2O11/c1-3-4-5-6-7-8-10-34-23-17(26-14(2)29)19(31)21(16(13-28)36-23)37-24-22(33-11-9-25)20(32)18(30)15(12-27)35-24/h15-24,27-28,30-32H,3-13,25H2,1-2H3,(H,26,29)/t15-,16-,17-,18+,19-,20+,21-,22-,23-,24+/m1/s1. The summed E-state index contributed by atoms with van der Waals surface area (Å²) in [5.74, 6) is -0.432. The van der Waals surface area contributed by atoms with Crippen LogP contribution in [0.25, 0.3) is 0 Å². The lowest BCUT2D eigenvalue weighted by molar-refractivity contribution is -0.352. The summed E-state index contributed by atoms with van der Waals surface area (Å²) in [6, 6.07) is -1.03. The number of amides is 1. The topological polar surface area (TPSA) is 202 Å². The zero-order chi connectivity index (χ0) is 27.4. The van der Waals surface area contributed by atoms with Crippen LogP contribution < -0.4 is 11.1 Å². The monoisotopic (exact) mass is 538 g/mol. The molecule has 0 aromatic rings. The number of unbranched alkanes of at least 4 members (excludes halogenated alkanes) is 5.